The molecule has 1 saturated heterocycles. The lowest BCUT2D eigenvalue weighted by Gasteiger charge is -2.16. The van der Waals surface area contributed by atoms with Crippen LogP contribution in [0.5, 0.6) is 23.0 Å². The van der Waals surface area contributed by atoms with Crippen LogP contribution in [0.2, 0.25) is 0 Å². The van der Waals surface area contributed by atoms with Crippen molar-refractivity contribution < 1.29 is 23.4 Å². The topological polar surface area (TPSA) is 85.0 Å². The summed E-state index contributed by atoms with van der Waals surface area (Å²) in [7, 11) is 1.58. The van der Waals surface area contributed by atoms with Gasteiger partial charge in [0.05, 0.1) is 19.2 Å². The third-order valence-corrected chi connectivity index (χ3v) is 7.24. The van der Waals surface area contributed by atoms with Crippen LogP contribution in [0, 0.1) is 19.7 Å². The quantitative estimate of drug-likeness (QED) is 0.199. The number of carbonyl (C=O) groups excluding carboxylic acids is 1. The summed E-state index contributed by atoms with van der Waals surface area (Å²) in [6.07, 6.45) is 5.07. The van der Waals surface area contributed by atoms with Gasteiger partial charge in [0.25, 0.3) is 0 Å². The average Bonchev–Trinajstić information content (AvgIpc) is 3.48. The SMILES string of the molecule is COc1cc2c(Oc3ccc(NC(=O)Nc4ccc(C)c(C)c4)cc3F)ccnc2cc1OCCCN1CCCC1. The van der Waals surface area contributed by atoms with Gasteiger partial charge >= 0.3 is 6.03 Å². The van der Waals surface area contributed by atoms with Crippen LogP contribution in [-0.2, 0) is 0 Å². The van der Waals surface area contributed by atoms with Gasteiger partial charge in [0.2, 0.25) is 0 Å². The number of benzene rings is 3. The number of carbonyl (C=O) groups is 1. The van der Waals surface area contributed by atoms with Crippen molar-refractivity contribution in [3.05, 3.63) is 77.7 Å². The molecule has 4 aromatic rings. The van der Waals surface area contributed by atoms with E-state index in [4.69, 9.17) is 14.2 Å². The molecule has 0 atom stereocenters. The number of ether oxygens (including phenoxy) is 3. The van der Waals surface area contributed by atoms with E-state index in [0.29, 0.717) is 46.1 Å². The van der Waals surface area contributed by atoms with E-state index in [-0.39, 0.29) is 5.75 Å². The van der Waals surface area contributed by atoms with Crippen molar-refractivity contribution in [1.29, 1.82) is 0 Å². The number of rotatable bonds is 10. The van der Waals surface area contributed by atoms with Crippen LogP contribution < -0.4 is 24.8 Å². The molecule has 214 valence electrons. The zero-order valence-electron chi connectivity index (χ0n) is 23.6. The third-order valence-electron chi connectivity index (χ3n) is 7.24. The normalized spacial score (nSPS) is 13.3. The van der Waals surface area contributed by atoms with Gasteiger partial charge in [-0.05, 0) is 93.7 Å². The summed E-state index contributed by atoms with van der Waals surface area (Å²) in [5.41, 5.74) is 3.78. The molecule has 41 heavy (non-hydrogen) atoms. The van der Waals surface area contributed by atoms with E-state index < -0.39 is 11.8 Å². The van der Waals surface area contributed by atoms with Gasteiger partial charge in [-0.1, -0.05) is 6.07 Å². The maximum atomic E-state index is 15.0. The Bertz CT molecular complexity index is 1540. The number of nitrogens with zero attached hydrogens (tertiary/aromatic N) is 2. The Morgan fingerprint density at radius 2 is 1.66 bits per heavy atom. The first-order valence-corrected chi connectivity index (χ1v) is 13.8. The van der Waals surface area contributed by atoms with Crippen LogP contribution >= 0.6 is 0 Å². The molecule has 1 aliphatic rings. The van der Waals surface area contributed by atoms with Crippen molar-refractivity contribution in [2.45, 2.75) is 33.1 Å². The molecule has 5 rings (SSSR count). The van der Waals surface area contributed by atoms with Crippen molar-refractivity contribution >= 4 is 28.3 Å². The maximum Gasteiger partial charge on any atom is 0.323 e. The predicted octanol–water partition coefficient (Wildman–Crippen LogP) is 7.30. The number of amides is 2. The Hall–Kier alpha value is -4.37. The number of nitrogens with one attached hydrogen (secondary N) is 2. The van der Waals surface area contributed by atoms with Gasteiger partial charge in [0, 0.05) is 41.6 Å². The highest BCUT2D eigenvalue weighted by Gasteiger charge is 2.15. The van der Waals surface area contributed by atoms with Gasteiger partial charge in [-0.2, -0.15) is 0 Å². The van der Waals surface area contributed by atoms with Crippen LogP contribution in [0.3, 0.4) is 0 Å². The highest BCUT2D eigenvalue weighted by Crippen LogP contribution is 2.38. The van der Waals surface area contributed by atoms with Gasteiger partial charge < -0.3 is 29.7 Å². The van der Waals surface area contributed by atoms with Gasteiger partial charge in [0.1, 0.15) is 5.75 Å². The summed E-state index contributed by atoms with van der Waals surface area (Å²) in [5.74, 6) is 0.960. The summed E-state index contributed by atoms with van der Waals surface area (Å²) in [6.45, 7) is 7.88. The minimum Gasteiger partial charge on any atom is -0.493 e. The lowest BCUT2D eigenvalue weighted by Crippen LogP contribution is -2.21. The van der Waals surface area contributed by atoms with Crippen LogP contribution in [0.15, 0.2) is 60.8 Å². The van der Waals surface area contributed by atoms with E-state index in [1.54, 1.807) is 31.5 Å². The molecule has 9 heteroatoms. The first kappa shape index (κ1) is 28.2. The van der Waals surface area contributed by atoms with E-state index >= 15 is 4.39 Å². The molecule has 0 saturated carbocycles. The first-order valence-electron chi connectivity index (χ1n) is 13.8. The number of hydrogen-bond donors (Lipinski definition) is 2. The number of anilines is 2. The standard InChI is InChI=1S/C32H35FN4O4/c1-21-7-8-23(17-22(21)2)35-32(38)36-24-9-10-29(26(33)18-24)41-28-11-12-34-27-20-31(30(39-3)19-25(27)28)40-16-6-15-37-13-4-5-14-37/h7-12,17-20H,4-6,13-16H2,1-3H3,(H2,35,36,38). The first-order chi connectivity index (χ1) is 19.9. The van der Waals surface area contributed by atoms with Gasteiger partial charge in [-0.25, -0.2) is 9.18 Å². The third kappa shape index (κ3) is 7.05. The lowest BCUT2D eigenvalue weighted by molar-refractivity contribution is 0.254. The molecule has 0 radical (unpaired) electrons. The molecule has 2 amide bonds. The van der Waals surface area contributed by atoms with E-state index in [0.717, 1.165) is 37.2 Å². The summed E-state index contributed by atoms with van der Waals surface area (Å²) in [6, 6.07) is 14.7. The Kier molecular flexibility index (Phi) is 8.84. The zero-order chi connectivity index (χ0) is 28.8. The molecule has 2 heterocycles. The number of pyridine rings is 1. The number of hydrogen-bond acceptors (Lipinski definition) is 6. The van der Waals surface area contributed by atoms with Gasteiger partial charge in [-0.15, -0.1) is 0 Å². The van der Waals surface area contributed by atoms with E-state index in [1.165, 1.54) is 25.0 Å². The molecule has 0 unspecified atom stereocenters. The van der Waals surface area contributed by atoms with Crippen molar-refractivity contribution in [2.24, 2.45) is 0 Å². The number of methoxy groups -OCH3 is 1. The zero-order valence-corrected chi connectivity index (χ0v) is 23.6. The second-order valence-electron chi connectivity index (χ2n) is 10.2. The molecule has 1 aliphatic heterocycles. The molecule has 0 bridgehead atoms. The molecule has 3 aromatic carbocycles. The largest absolute Gasteiger partial charge is 0.493 e. The number of aromatic nitrogens is 1. The van der Waals surface area contributed by atoms with E-state index in [2.05, 4.69) is 20.5 Å². The molecule has 1 fully saturated rings. The highest BCUT2D eigenvalue weighted by molar-refractivity contribution is 5.99. The Labute approximate surface area is 239 Å². The molecule has 8 nitrogen and oxygen atoms in total. The van der Waals surface area contributed by atoms with Crippen molar-refractivity contribution in [3.8, 4) is 23.0 Å². The van der Waals surface area contributed by atoms with Gasteiger partial charge in [-0.3, -0.25) is 4.98 Å². The van der Waals surface area contributed by atoms with Crippen molar-refractivity contribution in [3.63, 3.8) is 0 Å². The molecule has 2 N–H and O–H groups in total. The highest BCUT2D eigenvalue weighted by atomic mass is 19.1. The van der Waals surface area contributed by atoms with E-state index in [1.807, 2.05) is 38.1 Å². The van der Waals surface area contributed by atoms with Crippen LogP contribution in [0.4, 0.5) is 20.6 Å². The molecule has 1 aromatic heterocycles. The van der Waals surface area contributed by atoms with Gasteiger partial charge in [0.15, 0.2) is 23.1 Å². The fourth-order valence-corrected chi connectivity index (χ4v) is 4.86. The van der Waals surface area contributed by atoms with Crippen LogP contribution in [0.25, 0.3) is 10.9 Å². The Balaban J connectivity index is 1.25. The fourth-order valence-electron chi connectivity index (χ4n) is 4.86. The number of urea groups is 1. The predicted molar refractivity (Wildman–Crippen MR) is 159 cm³/mol. The minimum absolute atomic E-state index is 0.0128. The second-order valence-corrected chi connectivity index (χ2v) is 10.2. The lowest BCUT2D eigenvalue weighted by atomic mass is 10.1. The van der Waals surface area contributed by atoms with Crippen molar-refractivity contribution in [2.75, 3.05) is 44.0 Å². The maximum absolute atomic E-state index is 15.0. The molecular weight excluding hydrogens is 523 g/mol. The number of halogens is 1. The fraction of sp³-hybridized carbons (Fsp3) is 0.312. The summed E-state index contributed by atoms with van der Waals surface area (Å²) < 4.78 is 32.6. The number of aryl methyl sites for hydroxylation is 2. The smallest absolute Gasteiger partial charge is 0.323 e. The van der Waals surface area contributed by atoms with Crippen LogP contribution in [0.1, 0.15) is 30.4 Å². The molecular formula is C32H35FN4O4. The average molecular weight is 559 g/mol. The number of likely N-dealkylation sites (tertiary alicyclic amines) is 1. The minimum atomic E-state index is -0.621. The Morgan fingerprint density at radius 1 is 0.902 bits per heavy atom. The van der Waals surface area contributed by atoms with E-state index in [9.17, 15) is 4.79 Å². The summed E-state index contributed by atoms with van der Waals surface area (Å²) in [4.78, 5) is 19.3. The van der Waals surface area contributed by atoms with Crippen LogP contribution in [-0.4, -0.2) is 49.3 Å². The monoisotopic (exact) mass is 558 g/mol. The molecule has 0 spiro atoms. The van der Waals surface area contributed by atoms with Crippen molar-refractivity contribution in [1.82, 2.24) is 9.88 Å². The Morgan fingerprint density at radius 3 is 2.39 bits per heavy atom. The summed E-state index contributed by atoms with van der Waals surface area (Å²) >= 11 is 0. The molecule has 0 aliphatic carbocycles. The second kappa shape index (κ2) is 12.9. The number of fused-ring (bicyclic) bond motifs is 1. The summed E-state index contributed by atoms with van der Waals surface area (Å²) in [5, 5.41) is 6.07.